The third-order valence-corrected chi connectivity index (χ3v) is 6.68. The summed E-state index contributed by atoms with van der Waals surface area (Å²) in [7, 11) is 1.35. The SMILES string of the molecule is COC1(NC(=O)Cc2ccsc2)C(=O)N2C(C(=O)O)C(C)(C)SC21. The summed E-state index contributed by atoms with van der Waals surface area (Å²) in [6.07, 6.45) is 0.144. The van der Waals surface area contributed by atoms with Crippen molar-refractivity contribution in [1.29, 1.82) is 0 Å². The van der Waals surface area contributed by atoms with E-state index >= 15 is 0 Å². The fourth-order valence-electron chi connectivity index (χ4n) is 3.21. The number of hydrogen-bond donors (Lipinski definition) is 2. The lowest BCUT2D eigenvalue weighted by Gasteiger charge is -2.51. The number of nitrogens with one attached hydrogen (secondary N) is 1. The smallest absolute Gasteiger partial charge is 0.327 e. The Hall–Kier alpha value is -1.58. The molecule has 1 aromatic rings. The highest BCUT2D eigenvalue weighted by atomic mass is 32.2. The van der Waals surface area contributed by atoms with E-state index in [4.69, 9.17) is 4.74 Å². The number of carbonyl (C=O) groups excluding carboxylic acids is 2. The number of hydrogen-bond acceptors (Lipinski definition) is 6. The van der Waals surface area contributed by atoms with E-state index in [-0.39, 0.29) is 12.3 Å². The van der Waals surface area contributed by atoms with Crippen molar-refractivity contribution in [2.24, 2.45) is 0 Å². The zero-order valence-corrected chi connectivity index (χ0v) is 15.1. The number of nitrogens with zero attached hydrogens (tertiary/aromatic N) is 1. The molecule has 2 saturated heterocycles. The molecule has 3 unspecified atom stereocenters. The van der Waals surface area contributed by atoms with Gasteiger partial charge in [0.05, 0.1) is 6.42 Å². The molecule has 3 heterocycles. The van der Waals surface area contributed by atoms with Crippen molar-refractivity contribution in [3.05, 3.63) is 22.4 Å². The van der Waals surface area contributed by atoms with E-state index in [9.17, 15) is 19.5 Å². The molecule has 0 spiro atoms. The molecule has 3 atom stereocenters. The van der Waals surface area contributed by atoms with Crippen LogP contribution >= 0.6 is 23.1 Å². The van der Waals surface area contributed by atoms with Gasteiger partial charge in [0.2, 0.25) is 5.91 Å². The minimum Gasteiger partial charge on any atom is -0.480 e. The monoisotopic (exact) mass is 370 g/mol. The Bertz CT molecular complexity index is 690. The predicted octanol–water partition coefficient (Wildman–Crippen LogP) is 0.896. The van der Waals surface area contributed by atoms with E-state index in [0.717, 1.165) is 5.56 Å². The van der Waals surface area contributed by atoms with Crippen LogP contribution in [0.3, 0.4) is 0 Å². The summed E-state index contributed by atoms with van der Waals surface area (Å²) in [5.41, 5.74) is -0.644. The molecule has 0 saturated carbocycles. The fourth-order valence-corrected chi connectivity index (χ4v) is 5.55. The summed E-state index contributed by atoms with van der Waals surface area (Å²) < 4.78 is 4.70. The van der Waals surface area contributed by atoms with Gasteiger partial charge in [-0.05, 0) is 36.2 Å². The number of methoxy groups -OCH3 is 1. The van der Waals surface area contributed by atoms with E-state index in [2.05, 4.69) is 5.32 Å². The molecular weight excluding hydrogens is 352 g/mol. The molecule has 1 aromatic heterocycles. The first-order valence-corrected chi connectivity index (χ1v) is 9.16. The zero-order valence-electron chi connectivity index (χ0n) is 13.4. The van der Waals surface area contributed by atoms with Crippen molar-refractivity contribution in [1.82, 2.24) is 10.2 Å². The molecule has 3 rings (SSSR count). The van der Waals surface area contributed by atoms with Crippen molar-refractivity contribution in [3.8, 4) is 0 Å². The lowest BCUT2D eigenvalue weighted by molar-refractivity contribution is -0.201. The second kappa shape index (κ2) is 5.75. The van der Waals surface area contributed by atoms with Crippen LogP contribution in [-0.2, 0) is 25.5 Å². The number of amides is 2. The van der Waals surface area contributed by atoms with Crippen molar-refractivity contribution >= 4 is 40.9 Å². The van der Waals surface area contributed by atoms with Gasteiger partial charge in [0, 0.05) is 11.9 Å². The molecule has 2 fully saturated rings. The Morgan fingerprint density at radius 3 is 2.71 bits per heavy atom. The molecule has 2 amide bonds. The van der Waals surface area contributed by atoms with E-state index in [1.54, 1.807) is 13.8 Å². The van der Waals surface area contributed by atoms with E-state index in [1.807, 2.05) is 16.8 Å². The zero-order chi connectivity index (χ0) is 17.7. The standard InChI is InChI=1S/C15H18N2O5S2/c1-14(2)10(11(19)20)17-12(21)15(22-3,13(17)24-14)16-9(18)6-8-4-5-23-7-8/h4-5,7,10,13H,6H2,1-3H3,(H,16,18)(H,19,20). The number of fused-ring (bicyclic) bond motifs is 1. The van der Waals surface area contributed by atoms with Crippen LogP contribution in [0.5, 0.6) is 0 Å². The van der Waals surface area contributed by atoms with Crippen LogP contribution in [0.1, 0.15) is 19.4 Å². The highest BCUT2D eigenvalue weighted by Gasteiger charge is 2.73. The Morgan fingerprint density at radius 2 is 2.17 bits per heavy atom. The normalized spacial score (nSPS) is 30.6. The highest BCUT2D eigenvalue weighted by molar-refractivity contribution is 8.01. The fraction of sp³-hybridized carbons (Fsp3) is 0.533. The van der Waals surface area contributed by atoms with Crippen molar-refractivity contribution in [2.45, 2.75) is 42.2 Å². The summed E-state index contributed by atoms with van der Waals surface area (Å²) in [5.74, 6) is -1.91. The van der Waals surface area contributed by atoms with Crippen LogP contribution in [0, 0.1) is 0 Å². The van der Waals surface area contributed by atoms with Gasteiger partial charge in [-0.1, -0.05) is 0 Å². The maximum atomic E-state index is 12.6. The third kappa shape index (κ3) is 2.42. The number of ether oxygens (including phenoxy) is 1. The molecular formula is C15H18N2O5S2. The summed E-state index contributed by atoms with van der Waals surface area (Å²) in [6.45, 7) is 3.55. The Balaban J connectivity index is 1.81. The van der Waals surface area contributed by atoms with Gasteiger partial charge in [-0.25, -0.2) is 4.79 Å². The van der Waals surface area contributed by atoms with Crippen LogP contribution in [0.4, 0.5) is 0 Å². The van der Waals surface area contributed by atoms with E-state index < -0.39 is 33.8 Å². The third-order valence-electron chi connectivity index (χ3n) is 4.33. The molecule has 24 heavy (non-hydrogen) atoms. The van der Waals surface area contributed by atoms with Crippen molar-refractivity contribution < 1.29 is 24.2 Å². The van der Waals surface area contributed by atoms with Gasteiger partial charge in [-0.2, -0.15) is 11.3 Å². The second-order valence-electron chi connectivity index (χ2n) is 6.32. The second-order valence-corrected chi connectivity index (χ2v) is 8.84. The molecule has 0 aromatic carbocycles. The summed E-state index contributed by atoms with van der Waals surface area (Å²) in [6, 6.07) is 0.893. The highest BCUT2D eigenvalue weighted by Crippen LogP contribution is 2.55. The first-order chi connectivity index (χ1) is 11.2. The van der Waals surface area contributed by atoms with E-state index in [1.165, 1.54) is 35.1 Å². The van der Waals surface area contributed by atoms with Crippen LogP contribution in [0.25, 0.3) is 0 Å². The van der Waals surface area contributed by atoms with Gasteiger partial charge in [0.15, 0.2) is 0 Å². The number of thioether (sulfide) groups is 1. The largest absolute Gasteiger partial charge is 0.480 e. The summed E-state index contributed by atoms with van der Waals surface area (Å²) >= 11 is 2.81. The van der Waals surface area contributed by atoms with Gasteiger partial charge in [0.1, 0.15) is 11.4 Å². The van der Waals surface area contributed by atoms with Crippen LogP contribution in [-0.4, -0.2) is 56.8 Å². The van der Waals surface area contributed by atoms with Crippen molar-refractivity contribution in [2.75, 3.05) is 7.11 Å². The van der Waals surface area contributed by atoms with Gasteiger partial charge < -0.3 is 20.1 Å². The molecule has 9 heteroatoms. The van der Waals surface area contributed by atoms with Crippen LogP contribution in [0.2, 0.25) is 0 Å². The van der Waals surface area contributed by atoms with Gasteiger partial charge >= 0.3 is 5.97 Å². The van der Waals surface area contributed by atoms with Crippen LogP contribution < -0.4 is 5.32 Å². The molecule has 2 aliphatic heterocycles. The maximum Gasteiger partial charge on any atom is 0.327 e. The quantitative estimate of drug-likeness (QED) is 0.590. The van der Waals surface area contributed by atoms with E-state index in [0.29, 0.717) is 0 Å². The first kappa shape index (κ1) is 17.2. The number of carboxylic acid groups (broad SMARTS) is 1. The number of carboxylic acids is 1. The lowest BCUT2D eigenvalue weighted by atomic mass is 9.93. The Kier molecular flexibility index (Phi) is 4.13. The number of carbonyl (C=O) groups is 3. The summed E-state index contributed by atoms with van der Waals surface area (Å²) in [4.78, 5) is 37.8. The topological polar surface area (TPSA) is 95.9 Å². The molecule has 0 aliphatic carbocycles. The van der Waals surface area contributed by atoms with Gasteiger partial charge in [-0.3, -0.25) is 9.59 Å². The Labute approximate surface area is 147 Å². The number of rotatable bonds is 5. The molecule has 2 aliphatic rings. The average Bonchev–Trinajstić information content (AvgIpc) is 3.08. The minimum atomic E-state index is -1.50. The molecule has 7 nitrogen and oxygen atoms in total. The van der Waals surface area contributed by atoms with Crippen LogP contribution in [0.15, 0.2) is 16.8 Å². The van der Waals surface area contributed by atoms with Crippen molar-refractivity contribution in [3.63, 3.8) is 0 Å². The number of thiophene rings is 1. The molecule has 130 valence electrons. The summed E-state index contributed by atoms with van der Waals surface area (Å²) in [5, 5.41) is 15.3. The number of β-lactam (4-membered cyclic amide) rings is 1. The predicted molar refractivity (Wildman–Crippen MR) is 89.6 cm³/mol. The molecule has 2 N–H and O–H groups in total. The maximum absolute atomic E-state index is 12.6. The lowest BCUT2D eigenvalue weighted by Crippen LogP contribution is -2.80. The molecule has 0 bridgehead atoms. The molecule has 0 radical (unpaired) electrons. The first-order valence-electron chi connectivity index (χ1n) is 7.33. The van der Waals surface area contributed by atoms with Gasteiger partial charge in [0.25, 0.3) is 11.6 Å². The number of aliphatic carboxylic acids is 1. The average molecular weight is 370 g/mol. The van der Waals surface area contributed by atoms with Gasteiger partial charge in [-0.15, -0.1) is 11.8 Å². The minimum absolute atomic E-state index is 0.144. The Morgan fingerprint density at radius 1 is 1.46 bits per heavy atom.